The lowest BCUT2D eigenvalue weighted by Crippen LogP contribution is -2.25. The summed E-state index contributed by atoms with van der Waals surface area (Å²) in [6, 6.07) is 3.97. The van der Waals surface area contributed by atoms with Crippen LogP contribution in [0.1, 0.15) is 23.2 Å². The maximum Gasteiger partial charge on any atom is 0.252 e. The normalized spacial score (nSPS) is 10.0. The summed E-state index contributed by atoms with van der Waals surface area (Å²) in [6.45, 7) is 0.457. The molecule has 1 aromatic carbocycles. The van der Waals surface area contributed by atoms with E-state index < -0.39 is 5.82 Å². The molecule has 1 amide bonds. The molecule has 0 aromatic heterocycles. The van der Waals surface area contributed by atoms with E-state index in [9.17, 15) is 9.18 Å². The minimum Gasteiger partial charge on any atom is -0.393 e. The third-order valence-corrected chi connectivity index (χ3v) is 2.95. The lowest BCUT2D eigenvalue weighted by Gasteiger charge is -2.06. The second kappa shape index (κ2) is 6.66. The molecule has 17 heavy (non-hydrogen) atoms. The number of hydrogen-bond acceptors (Lipinski definition) is 2. The van der Waals surface area contributed by atoms with Gasteiger partial charge in [0.25, 0.3) is 5.91 Å². The highest BCUT2D eigenvalue weighted by Gasteiger charge is 2.10. The van der Waals surface area contributed by atoms with E-state index in [0.717, 1.165) is 0 Å². The first-order valence-electron chi connectivity index (χ1n) is 5.02. The van der Waals surface area contributed by atoms with E-state index in [1.54, 1.807) is 0 Å². The van der Waals surface area contributed by atoms with E-state index in [0.29, 0.717) is 28.8 Å². The van der Waals surface area contributed by atoms with Gasteiger partial charge in [0.1, 0.15) is 5.82 Å². The Morgan fingerprint density at radius 1 is 1.53 bits per heavy atom. The molecule has 1 rings (SSSR count). The molecule has 0 heterocycles. The molecule has 0 aliphatic carbocycles. The molecule has 0 unspecified atom stereocenters. The summed E-state index contributed by atoms with van der Waals surface area (Å²) in [4.78, 5) is 12.1. The molecule has 0 atom stereocenters. The lowest BCUT2D eigenvalue weighted by atomic mass is 10.2. The van der Waals surface area contributed by atoms with Gasteiger partial charge in [-0.25, -0.2) is 4.39 Å². The average molecular weight is 319 g/mol. The van der Waals surface area contributed by atoms with Crippen molar-refractivity contribution in [2.45, 2.75) is 12.8 Å². The smallest absolute Gasteiger partial charge is 0.252 e. The zero-order chi connectivity index (χ0) is 12.8. The van der Waals surface area contributed by atoms with Gasteiger partial charge in [0, 0.05) is 11.0 Å². The minimum absolute atomic E-state index is 0.278. The Bertz CT molecular complexity index is 439. The Balaban J connectivity index is 2.52. The van der Waals surface area contributed by atoms with Gasteiger partial charge in [-0.1, -0.05) is 12.2 Å². The lowest BCUT2D eigenvalue weighted by molar-refractivity contribution is 0.0952. The number of carbonyl (C=O) groups excluding carboxylic acids is 1. The van der Waals surface area contributed by atoms with Gasteiger partial charge in [0.05, 0.1) is 10.6 Å². The zero-order valence-corrected chi connectivity index (χ0v) is 11.4. The van der Waals surface area contributed by atoms with Gasteiger partial charge in [0.2, 0.25) is 0 Å². The molecule has 6 heteroatoms. The molecule has 0 saturated heterocycles. The Labute approximate surface area is 113 Å². The van der Waals surface area contributed by atoms with Crippen LogP contribution in [0.2, 0.25) is 0 Å². The molecule has 3 N–H and O–H groups in total. The number of thiocarbonyl (C=S) groups is 1. The SMILES string of the molecule is NC(=S)CCCNC(=O)c1cc(F)ccc1Br. The zero-order valence-electron chi connectivity index (χ0n) is 9.00. The Hall–Kier alpha value is -1.01. The van der Waals surface area contributed by atoms with Crippen molar-refractivity contribution >= 4 is 39.0 Å². The third-order valence-electron chi connectivity index (χ3n) is 2.06. The number of nitrogens with two attached hydrogens (primary N) is 1. The van der Waals surface area contributed by atoms with Gasteiger partial charge in [-0.3, -0.25) is 4.79 Å². The maximum absolute atomic E-state index is 13.0. The molecule has 0 fully saturated rings. The second-order valence-corrected chi connectivity index (χ2v) is 4.83. The van der Waals surface area contributed by atoms with Gasteiger partial charge < -0.3 is 11.1 Å². The highest BCUT2D eigenvalue weighted by Crippen LogP contribution is 2.17. The maximum atomic E-state index is 13.0. The quantitative estimate of drug-likeness (QED) is 0.647. The highest BCUT2D eigenvalue weighted by atomic mass is 79.9. The first-order chi connectivity index (χ1) is 8.00. The van der Waals surface area contributed by atoms with Crippen LogP contribution in [0.3, 0.4) is 0 Å². The van der Waals surface area contributed by atoms with Crippen molar-refractivity contribution in [2.75, 3.05) is 6.54 Å². The summed E-state index contributed by atoms with van der Waals surface area (Å²) in [5.74, 6) is -0.763. The van der Waals surface area contributed by atoms with Gasteiger partial charge >= 0.3 is 0 Å². The van der Waals surface area contributed by atoms with Crippen molar-refractivity contribution in [1.29, 1.82) is 0 Å². The molecule has 1 aromatic rings. The van der Waals surface area contributed by atoms with Crippen LogP contribution in [0, 0.1) is 5.82 Å². The molecule has 0 aliphatic rings. The van der Waals surface area contributed by atoms with E-state index in [1.165, 1.54) is 18.2 Å². The fraction of sp³-hybridized carbons (Fsp3) is 0.273. The third kappa shape index (κ3) is 4.79. The van der Waals surface area contributed by atoms with Crippen LogP contribution in [-0.2, 0) is 0 Å². The van der Waals surface area contributed by atoms with Crippen molar-refractivity contribution in [1.82, 2.24) is 5.32 Å². The summed E-state index contributed by atoms with van der Waals surface area (Å²) in [7, 11) is 0. The van der Waals surface area contributed by atoms with Crippen molar-refractivity contribution in [3.05, 3.63) is 34.1 Å². The molecule has 0 bridgehead atoms. The fourth-order valence-corrected chi connectivity index (χ4v) is 1.80. The van der Waals surface area contributed by atoms with Crippen molar-refractivity contribution in [3.8, 4) is 0 Å². The number of benzene rings is 1. The Morgan fingerprint density at radius 3 is 2.88 bits per heavy atom. The Morgan fingerprint density at radius 2 is 2.24 bits per heavy atom. The number of amides is 1. The summed E-state index contributed by atoms with van der Waals surface area (Å²) in [5, 5.41) is 2.67. The number of carbonyl (C=O) groups is 1. The molecule has 0 saturated carbocycles. The van der Waals surface area contributed by atoms with Crippen LogP contribution in [0.5, 0.6) is 0 Å². The summed E-state index contributed by atoms with van der Waals surface area (Å²) in [6.07, 6.45) is 1.26. The van der Waals surface area contributed by atoms with Crippen molar-refractivity contribution in [2.24, 2.45) is 5.73 Å². The van der Waals surface area contributed by atoms with Gasteiger partial charge in [-0.2, -0.15) is 0 Å². The van der Waals surface area contributed by atoms with E-state index in [-0.39, 0.29) is 11.5 Å². The van der Waals surface area contributed by atoms with Crippen LogP contribution in [-0.4, -0.2) is 17.4 Å². The second-order valence-electron chi connectivity index (χ2n) is 3.45. The van der Waals surface area contributed by atoms with Crippen LogP contribution >= 0.6 is 28.1 Å². The average Bonchev–Trinajstić information content (AvgIpc) is 2.27. The predicted octanol–water partition coefficient (Wildman–Crippen LogP) is 2.38. The summed E-state index contributed by atoms with van der Waals surface area (Å²) >= 11 is 7.91. The van der Waals surface area contributed by atoms with E-state index in [4.69, 9.17) is 18.0 Å². The minimum atomic E-state index is -0.443. The number of rotatable bonds is 5. The molecule has 0 spiro atoms. The first kappa shape index (κ1) is 14.1. The van der Waals surface area contributed by atoms with Gasteiger partial charge in [0.15, 0.2) is 0 Å². The van der Waals surface area contributed by atoms with Gasteiger partial charge in [-0.15, -0.1) is 0 Å². The first-order valence-corrected chi connectivity index (χ1v) is 6.22. The highest BCUT2D eigenvalue weighted by molar-refractivity contribution is 9.10. The molecule has 3 nitrogen and oxygen atoms in total. The molecule has 0 aliphatic heterocycles. The van der Waals surface area contributed by atoms with Gasteiger partial charge in [-0.05, 0) is 47.0 Å². The topological polar surface area (TPSA) is 55.1 Å². The Kier molecular flexibility index (Phi) is 5.50. The van der Waals surface area contributed by atoms with Crippen molar-refractivity contribution in [3.63, 3.8) is 0 Å². The molecular formula is C11H12BrFN2OS. The van der Waals surface area contributed by atoms with Crippen LogP contribution in [0.25, 0.3) is 0 Å². The van der Waals surface area contributed by atoms with Crippen LogP contribution < -0.4 is 11.1 Å². The monoisotopic (exact) mass is 318 g/mol. The van der Waals surface area contributed by atoms with E-state index in [1.807, 2.05) is 0 Å². The van der Waals surface area contributed by atoms with Crippen molar-refractivity contribution < 1.29 is 9.18 Å². The standard InChI is InChI=1S/C11H12BrFN2OS/c12-9-4-3-7(13)6-8(9)11(16)15-5-1-2-10(14)17/h3-4,6H,1-2,5H2,(H2,14,17)(H,15,16). The molecule has 92 valence electrons. The summed E-state index contributed by atoms with van der Waals surface area (Å²) in [5.41, 5.74) is 5.60. The molecule has 0 radical (unpaired) electrons. The fourth-order valence-electron chi connectivity index (χ4n) is 1.23. The van der Waals surface area contributed by atoms with E-state index >= 15 is 0 Å². The molecular weight excluding hydrogens is 307 g/mol. The largest absolute Gasteiger partial charge is 0.393 e. The number of halogens is 2. The predicted molar refractivity (Wildman–Crippen MR) is 72.5 cm³/mol. The van der Waals surface area contributed by atoms with Crippen LogP contribution in [0.4, 0.5) is 4.39 Å². The number of nitrogens with one attached hydrogen (secondary N) is 1. The van der Waals surface area contributed by atoms with E-state index in [2.05, 4.69) is 21.2 Å². The number of hydrogen-bond donors (Lipinski definition) is 2. The summed E-state index contributed by atoms with van der Waals surface area (Å²) < 4.78 is 13.5. The van der Waals surface area contributed by atoms with Crippen LogP contribution in [0.15, 0.2) is 22.7 Å².